The van der Waals surface area contributed by atoms with Crippen molar-refractivity contribution in [2.45, 2.75) is 19.8 Å². The summed E-state index contributed by atoms with van der Waals surface area (Å²) in [7, 11) is 0. The van der Waals surface area contributed by atoms with Gasteiger partial charge in [-0.2, -0.15) is 0 Å². The summed E-state index contributed by atoms with van der Waals surface area (Å²) in [5, 5.41) is 3.81. The van der Waals surface area contributed by atoms with Gasteiger partial charge < -0.3 is 15.0 Å². The molecular weight excluding hydrogens is 247 g/mol. The number of carbonyl (C=O) groups is 1. The van der Waals surface area contributed by atoms with E-state index in [4.69, 9.17) is 4.74 Å². The van der Waals surface area contributed by atoms with E-state index in [1.807, 2.05) is 6.20 Å². The van der Waals surface area contributed by atoms with Gasteiger partial charge >= 0.3 is 0 Å². The molecule has 0 atom stereocenters. The van der Waals surface area contributed by atoms with Crippen LogP contribution in [0, 0.1) is 5.82 Å². The minimum atomic E-state index is -0.310. The average molecular weight is 262 g/mol. The summed E-state index contributed by atoms with van der Waals surface area (Å²) in [4.78, 5) is 14.0. The smallest absolute Gasteiger partial charge is 0.216 e. The van der Waals surface area contributed by atoms with E-state index in [-0.39, 0.29) is 11.7 Å². The van der Waals surface area contributed by atoms with Crippen LogP contribution in [0.25, 0.3) is 10.9 Å². The first-order chi connectivity index (χ1) is 9.16. The predicted octanol–water partition coefficient (Wildman–Crippen LogP) is 1.92. The molecule has 0 saturated heterocycles. The molecule has 2 aromatic rings. The van der Waals surface area contributed by atoms with E-state index >= 15 is 0 Å². The fraction of sp³-hybridized carbons (Fsp3) is 0.357. The lowest BCUT2D eigenvalue weighted by Gasteiger charge is -2.05. The normalized spacial score (nSPS) is 13.4. The van der Waals surface area contributed by atoms with Crippen LogP contribution in [0.1, 0.15) is 18.1 Å². The number of carbonyl (C=O) groups excluding carboxylic acids is 1. The second-order valence-electron chi connectivity index (χ2n) is 4.73. The third-order valence-electron chi connectivity index (χ3n) is 3.42. The number of ether oxygens (including phenoxy) is 1. The first kappa shape index (κ1) is 12.0. The third kappa shape index (κ3) is 2.05. The predicted molar refractivity (Wildman–Crippen MR) is 69.8 cm³/mol. The van der Waals surface area contributed by atoms with E-state index in [2.05, 4.69) is 10.3 Å². The van der Waals surface area contributed by atoms with Crippen molar-refractivity contribution >= 4 is 16.8 Å². The number of halogens is 1. The zero-order chi connectivity index (χ0) is 13.4. The molecule has 0 radical (unpaired) electrons. The van der Waals surface area contributed by atoms with E-state index in [1.165, 1.54) is 13.0 Å². The Labute approximate surface area is 109 Å². The maximum atomic E-state index is 13.8. The summed E-state index contributed by atoms with van der Waals surface area (Å²) in [6, 6.07) is 1.47. The van der Waals surface area contributed by atoms with E-state index in [1.54, 1.807) is 0 Å². The van der Waals surface area contributed by atoms with E-state index in [0.717, 1.165) is 34.9 Å². The highest BCUT2D eigenvalue weighted by atomic mass is 19.1. The van der Waals surface area contributed by atoms with Gasteiger partial charge in [-0.1, -0.05) is 0 Å². The van der Waals surface area contributed by atoms with Gasteiger partial charge in [0.25, 0.3) is 0 Å². The van der Waals surface area contributed by atoms with Gasteiger partial charge in [-0.3, -0.25) is 4.79 Å². The van der Waals surface area contributed by atoms with Gasteiger partial charge in [0.15, 0.2) is 11.6 Å². The number of hydrogen-bond acceptors (Lipinski definition) is 2. The number of hydrogen-bond donors (Lipinski definition) is 2. The molecule has 0 aliphatic carbocycles. The van der Waals surface area contributed by atoms with Gasteiger partial charge in [0.05, 0.1) is 6.61 Å². The maximum Gasteiger partial charge on any atom is 0.216 e. The zero-order valence-corrected chi connectivity index (χ0v) is 10.7. The molecule has 1 aliphatic heterocycles. The molecule has 1 aromatic carbocycles. The number of fused-ring (bicyclic) bond motifs is 3. The molecule has 5 heteroatoms. The topological polar surface area (TPSA) is 54.1 Å². The van der Waals surface area contributed by atoms with Crippen molar-refractivity contribution < 1.29 is 13.9 Å². The molecule has 0 bridgehead atoms. The summed E-state index contributed by atoms with van der Waals surface area (Å²) >= 11 is 0. The number of aromatic amines is 1. The molecule has 100 valence electrons. The summed E-state index contributed by atoms with van der Waals surface area (Å²) in [5.41, 5.74) is 2.82. The minimum Gasteiger partial charge on any atom is -0.490 e. The Morgan fingerprint density at radius 3 is 3.21 bits per heavy atom. The molecule has 1 aromatic heterocycles. The molecule has 19 heavy (non-hydrogen) atoms. The molecule has 2 heterocycles. The Kier molecular flexibility index (Phi) is 2.89. The second kappa shape index (κ2) is 4.57. The number of benzene rings is 1. The molecular formula is C14H15FN2O2. The summed E-state index contributed by atoms with van der Waals surface area (Å²) < 4.78 is 19.1. The molecule has 0 unspecified atom stereocenters. The lowest BCUT2D eigenvalue weighted by molar-refractivity contribution is -0.118. The standard InChI is InChI=1S/C14H15FN2O2/c1-8(18)16-4-2-9-7-17-12-6-11(15)14-10(13(9)12)3-5-19-14/h6-7,17H,2-5H2,1H3,(H,16,18). The van der Waals surface area contributed by atoms with Gasteiger partial charge in [0, 0.05) is 48.6 Å². The van der Waals surface area contributed by atoms with Crippen molar-refractivity contribution in [3.8, 4) is 5.75 Å². The van der Waals surface area contributed by atoms with Crippen molar-refractivity contribution in [1.82, 2.24) is 10.3 Å². The quantitative estimate of drug-likeness (QED) is 0.888. The van der Waals surface area contributed by atoms with Crippen molar-refractivity contribution in [2.75, 3.05) is 13.2 Å². The maximum absolute atomic E-state index is 13.8. The molecule has 0 saturated carbocycles. The van der Waals surface area contributed by atoms with Crippen molar-refractivity contribution in [3.63, 3.8) is 0 Å². The SMILES string of the molecule is CC(=O)NCCc1c[nH]c2cc(F)c3c(c12)CCO3. The first-order valence-electron chi connectivity index (χ1n) is 6.35. The van der Waals surface area contributed by atoms with E-state index in [0.29, 0.717) is 18.9 Å². The summed E-state index contributed by atoms with van der Waals surface area (Å²) in [6.07, 6.45) is 3.33. The van der Waals surface area contributed by atoms with Gasteiger partial charge in [-0.05, 0) is 12.0 Å². The monoisotopic (exact) mass is 262 g/mol. The highest BCUT2D eigenvalue weighted by molar-refractivity contribution is 5.89. The Hall–Kier alpha value is -2.04. The fourth-order valence-corrected chi connectivity index (χ4v) is 2.62. The van der Waals surface area contributed by atoms with Crippen molar-refractivity contribution in [3.05, 3.63) is 29.2 Å². The first-order valence-corrected chi connectivity index (χ1v) is 6.35. The van der Waals surface area contributed by atoms with Crippen LogP contribution < -0.4 is 10.1 Å². The molecule has 3 rings (SSSR count). The lowest BCUT2D eigenvalue weighted by atomic mass is 10.0. The van der Waals surface area contributed by atoms with Crippen LogP contribution in [0.5, 0.6) is 5.75 Å². The Bertz CT molecular complexity index is 648. The Morgan fingerprint density at radius 2 is 2.42 bits per heavy atom. The highest BCUT2D eigenvalue weighted by Gasteiger charge is 2.22. The number of amides is 1. The number of rotatable bonds is 3. The van der Waals surface area contributed by atoms with Crippen LogP contribution in [-0.2, 0) is 17.6 Å². The number of aromatic nitrogens is 1. The van der Waals surface area contributed by atoms with Crippen LogP contribution in [0.4, 0.5) is 4.39 Å². The lowest BCUT2D eigenvalue weighted by Crippen LogP contribution is -2.22. The minimum absolute atomic E-state index is 0.0422. The number of nitrogens with one attached hydrogen (secondary N) is 2. The van der Waals surface area contributed by atoms with Crippen LogP contribution in [-0.4, -0.2) is 24.0 Å². The molecule has 1 amide bonds. The summed E-state index contributed by atoms with van der Waals surface area (Å²) in [5.74, 6) is 0.0302. The second-order valence-corrected chi connectivity index (χ2v) is 4.73. The highest BCUT2D eigenvalue weighted by Crippen LogP contribution is 2.36. The molecule has 0 spiro atoms. The fourth-order valence-electron chi connectivity index (χ4n) is 2.62. The van der Waals surface area contributed by atoms with Crippen LogP contribution in [0.2, 0.25) is 0 Å². The van der Waals surface area contributed by atoms with Gasteiger partial charge in [0.1, 0.15) is 0 Å². The van der Waals surface area contributed by atoms with E-state index < -0.39 is 0 Å². The largest absolute Gasteiger partial charge is 0.490 e. The zero-order valence-electron chi connectivity index (χ0n) is 10.7. The van der Waals surface area contributed by atoms with Crippen molar-refractivity contribution in [2.24, 2.45) is 0 Å². The van der Waals surface area contributed by atoms with Gasteiger partial charge in [-0.25, -0.2) is 4.39 Å². The van der Waals surface area contributed by atoms with E-state index in [9.17, 15) is 9.18 Å². The van der Waals surface area contributed by atoms with Gasteiger partial charge in [0.2, 0.25) is 5.91 Å². The summed E-state index contributed by atoms with van der Waals surface area (Å²) in [6.45, 7) is 2.60. The molecule has 1 aliphatic rings. The van der Waals surface area contributed by atoms with Crippen LogP contribution in [0.15, 0.2) is 12.3 Å². The number of H-pyrrole nitrogens is 1. The average Bonchev–Trinajstić information content (AvgIpc) is 2.95. The Morgan fingerprint density at radius 1 is 1.58 bits per heavy atom. The molecule has 0 fully saturated rings. The molecule has 4 nitrogen and oxygen atoms in total. The van der Waals surface area contributed by atoms with Crippen LogP contribution in [0.3, 0.4) is 0 Å². The Balaban J connectivity index is 1.98. The van der Waals surface area contributed by atoms with Crippen molar-refractivity contribution in [1.29, 1.82) is 0 Å². The van der Waals surface area contributed by atoms with Gasteiger partial charge in [-0.15, -0.1) is 0 Å². The molecule has 2 N–H and O–H groups in total. The van der Waals surface area contributed by atoms with Crippen LogP contribution >= 0.6 is 0 Å². The third-order valence-corrected chi connectivity index (χ3v) is 3.42.